The summed E-state index contributed by atoms with van der Waals surface area (Å²) in [5, 5.41) is 11.5. The first kappa shape index (κ1) is 20.3. The molecule has 0 fully saturated rings. The second-order valence-corrected chi connectivity index (χ2v) is 6.91. The minimum atomic E-state index is -4.62. The average molecular weight is 347 g/mol. The molecule has 1 aromatic rings. The van der Waals surface area contributed by atoms with Crippen LogP contribution in [0, 0.1) is 5.41 Å². The first-order chi connectivity index (χ1) is 10.9. The molecule has 0 amide bonds. The molecular formula is C17H24F3NO3. The van der Waals surface area contributed by atoms with Gasteiger partial charge in [0, 0.05) is 0 Å². The Bertz CT molecular complexity index is 553. The minimum Gasteiger partial charge on any atom is -0.497 e. The van der Waals surface area contributed by atoms with Crippen molar-refractivity contribution in [2.45, 2.75) is 51.9 Å². The largest absolute Gasteiger partial charge is 0.497 e. The van der Waals surface area contributed by atoms with Crippen molar-refractivity contribution >= 4 is 5.97 Å². The van der Waals surface area contributed by atoms with Gasteiger partial charge >= 0.3 is 12.1 Å². The van der Waals surface area contributed by atoms with E-state index < -0.39 is 24.2 Å². The fourth-order valence-electron chi connectivity index (χ4n) is 2.26. The van der Waals surface area contributed by atoms with Crippen LogP contribution in [0.15, 0.2) is 24.3 Å². The second-order valence-electron chi connectivity index (χ2n) is 6.91. The molecule has 0 saturated heterocycles. The first-order valence-electron chi connectivity index (χ1n) is 7.63. The molecule has 7 heteroatoms. The number of hydrogen-bond acceptors (Lipinski definition) is 3. The molecule has 2 N–H and O–H groups in total. The number of carbonyl (C=O) groups is 1. The van der Waals surface area contributed by atoms with E-state index in [0.717, 1.165) is 0 Å². The molecule has 24 heavy (non-hydrogen) atoms. The number of halogens is 3. The van der Waals surface area contributed by atoms with Gasteiger partial charge in [-0.1, -0.05) is 32.9 Å². The Hall–Kier alpha value is -1.76. The maximum absolute atomic E-state index is 13.4. The van der Waals surface area contributed by atoms with Crippen molar-refractivity contribution in [2.75, 3.05) is 7.11 Å². The number of carboxylic acids is 1. The van der Waals surface area contributed by atoms with Gasteiger partial charge in [-0.05, 0) is 36.0 Å². The predicted octanol–water partition coefficient (Wildman–Crippen LogP) is 4.17. The molecule has 0 saturated carbocycles. The van der Waals surface area contributed by atoms with E-state index in [2.05, 4.69) is 5.32 Å². The molecule has 0 aliphatic carbocycles. The van der Waals surface area contributed by atoms with Crippen LogP contribution in [0.5, 0.6) is 5.75 Å². The third-order valence-electron chi connectivity index (χ3n) is 3.60. The van der Waals surface area contributed by atoms with Crippen LogP contribution in [0.1, 0.15) is 45.2 Å². The summed E-state index contributed by atoms with van der Waals surface area (Å²) in [5.41, 5.74) is -0.247. The summed E-state index contributed by atoms with van der Waals surface area (Å²) in [6.45, 7) is 5.74. The zero-order valence-electron chi connectivity index (χ0n) is 14.3. The normalized spacial score (nSPS) is 15.0. The highest BCUT2D eigenvalue weighted by atomic mass is 19.4. The number of rotatable bonds is 7. The van der Waals surface area contributed by atoms with Gasteiger partial charge in [0.05, 0.1) is 7.11 Å². The lowest BCUT2D eigenvalue weighted by Gasteiger charge is -2.28. The van der Waals surface area contributed by atoms with Gasteiger partial charge in [-0.25, -0.2) is 0 Å². The maximum Gasteiger partial charge on any atom is 0.407 e. The maximum atomic E-state index is 13.4. The van der Waals surface area contributed by atoms with E-state index in [1.165, 1.54) is 31.4 Å². The van der Waals surface area contributed by atoms with Crippen LogP contribution in [0.3, 0.4) is 0 Å². The van der Waals surface area contributed by atoms with Crippen LogP contribution >= 0.6 is 0 Å². The monoisotopic (exact) mass is 347 g/mol. The van der Waals surface area contributed by atoms with Crippen LogP contribution in [0.4, 0.5) is 13.2 Å². The molecule has 2 atom stereocenters. The van der Waals surface area contributed by atoms with Crippen molar-refractivity contribution in [3.8, 4) is 5.75 Å². The molecule has 0 heterocycles. The lowest BCUT2D eigenvalue weighted by Crippen LogP contribution is -2.45. The molecule has 0 aromatic heterocycles. The number of methoxy groups -OCH3 is 1. The molecule has 0 radical (unpaired) electrons. The van der Waals surface area contributed by atoms with Gasteiger partial charge < -0.3 is 9.84 Å². The standard InChI is InChI=1S/C17H24F3NO3/c1-16(2,3)9-8-13(15(22)23)21-14(17(18,19)20)11-6-5-7-12(10-11)24-4/h5-7,10,13-14,21H,8-9H2,1-4H3,(H,22,23)/t13-,14+/m0/s1. The van der Waals surface area contributed by atoms with Crippen molar-refractivity contribution in [2.24, 2.45) is 5.41 Å². The van der Waals surface area contributed by atoms with E-state index in [1.807, 2.05) is 20.8 Å². The Morgan fingerprint density at radius 3 is 2.38 bits per heavy atom. The summed E-state index contributed by atoms with van der Waals surface area (Å²) in [6, 6.07) is 2.17. The van der Waals surface area contributed by atoms with E-state index >= 15 is 0 Å². The Labute approximate surface area is 140 Å². The van der Waals surface area contributed by atoms with Gasteiger partial charge in [-0.3, -0.25) is 10.1 Å². The van der Waals surface area contributed by atoms with Crippen LogP contribution in [0.2, 0.25) is 0 Å². The summed E-state index contributed by atoms with van der Waals surface area (Å²) in [7, 11) is 1.36. The SMILES string of the molecule is COc1cccc([C@@H](N[C@@H](CCC(C)(C)C)C(=O)O)C(F)(F)F)c1. The molecule has 1 rings (SSSR count). The van der Waals surface area contributed by atoms with Crippen LogP contribution < -0.4 is 10.1 Å². The Morgan fingerprint density at radius 1 is 1.29 bits per heavy atom. The third-order valence-corrected chi connectivity index (χ3v) is 3.60. The number of ether oxygens (including phenoxy) is 1. The van der Waals surface area contributed by atoms with E-state index in [0.29, 0.717) is 6.42 Å². The van der Waals surface area contributed by atoms with Gasteiger partial charge in [0.15, 0.2) is 0 Å². The Morgan fingerprint density at radius 2 is 1.92 bits per heavy atom. The summed E-state index contributed by atoms with van der Waals surface area (Å²) in [4.78, 5) is 11.4. The van der Waals surface area contributed by atoms with E-state index in [1.54, 1.807) is 0 Å². The topological polar surface area (TPSA) is 58.6 Å². The molecule has 0 unspecified atom stereocenters. The fraction of sp³-hybridized carbons (Fsp3) is 0.588. The van der Waals surface area contributed by atoms with E-state index in [4.69, 9.17) is 4.74 Å². The zero-order valence-corrected chi connectivity index (χ0v) is 14.3. The highest BCUT2D eigenvalue weighted by Crippen LogP contribution is 2.35. The van der Waals surface area contributed by atoms with Crippen LogP contribution in [-0.2, 0) is 4.79 Å². The Balaban J connectivity index is 3.04. The molecule has 0 aliphatic rings. The number of benzene rings is 1. The van der Waals surface area contributed by atoms with Gasteiger partial charge in [0.25, 0.3) is 0 Å². The second kappa shape index (κ2) is 7.88. The van der Waals surface area contributed by atoms with Crippen molar-refractivity contribution in [3.63, 3.8) is 0 Å². The number of alkyl halides is 3. The minimum absolute atomic E-state index is 0.0798. The van der Waals surface area contributed by atoms with Crippen molar-refractivity contribution in [1.29, 1.82) is 0 Å². The summed E-state index contributed by atoms with van der Waals surface area (Å²) in [5.74, 6) is -1.01. The van der Waals surface area contributed by atoms with Gasteiger partial charge in [0.2, 0.25) is 0 Å². The molecule has 1 aromatic carbocycles. The number of nitrogens with one attached hydrogen (secondary N) is 1. The molecule has 0 aliphatic heterocycles. The molecule has 0 spiro atoms. The van der Waals surface area contributed by atoms with Crippen LogP contribution in [-0.4, -0.2) is 30.4 Å². The number of carboxylic acid groups (broad SMARTS) is 1. The van der Waals surface area contributed by atoms with Gasteiger partial charge in [-0.2, -0.15) is 13.2 Å². The predicted molar refractivity (Wildman–Crippen MR) is 85.0 cm³/mol. The van der Waals surface area contributed by atoms with E-state index in [-0.39, 0.29) is 23.1 Å². The molecule has 0 bridgehead atoms. The van der Waals surface area contributed by atoms with E-state index in [9.17, 15) is 23.1 Å². The summed E-state index contributed by atoms with van der Waals surface area (Å²) >= 11 is 0. The lowest BCUT2D eigenvalue weighted by molar-refractivity contribution is -0.163. The molecular weight excluding hydrogens is 323 g/mol. The lowest BCUT2D eigenvalue weighted by atomic mass is 9.88. The van der Waals surface area contributed by atoms with Gasteiger partial charge in [0.1, 0.15) is 17.8 Å². The summed E-state index contributed by atoms with van der Waals surface area (Å²) in [6.07, 6.45) is -4.03. The van der Waals surface area contributed by atoms with Crippen molar-refractivity contribution < 1.29 is 27.8 Å². The molecule has 136 valence electrons. The molecule has 4 nitrogen and oxygen atoms in total. The highest BCUT2D eigenvalue weighted by molar-refractivity contribution is 5.73. The third kappa shape index (κ3) is 6.39. The van der Waals surface area contributed by atoms with Crippen molar-refractivity contribution in [3.05, 3.63) is 29.8 Å². The zero-order chi connectivity index (χ0) is 18.5. The van der Waals surface area contributed by atoms with Crippen molar-refractivity contribution in [1.82, 2.24) is 5.32 Å². The fourth-order valence-corrected chi connectivity index (χ4v) is 2.26. The average Bonchev–Trinajstić information content (AvgIpc) is 2.44. The highest BCUT2D eigenvalue weighted by Gasteiger charge is 2.43. The first-order valence-corrected chi connectivity index (χ1v) is 7.63. The summed E-state index contributed by atoms with van der Waals surface area (Å²) < 4.78 is 45.3. The number of aliphatic carboxylic acids is 1. The smallest absolute Gasteiger partial charge is 0.407 e. The van der Waals surface area contributed by atoms with Gasteiger partial charge in [-0.15, -0.1) is 0 Å². The van der Waals surface area contributed by atoms with Crippen LogP contribution in [0.25, 0.3) is 0 Å². The Kier molecular flexibility index (Phi) is 6.66. The quantitative estimate of drug-likeness (QED) is 0.777. The number of hydrogen-bond donors (Lipinski definition) is 2.